The number of carbonyl (C=O) groups excluding carboxylic acids is 1. The Morgan fingerprint density at radius 2 is 1.78 bits per heavy atom. The zero-order valence-electron chi connectivity index (χ0n) is 23.0. The van der Waals surface area contributed by atoms with Gasteiger partial charge in [-0.2, -0.15) is 0 Å². The molecule has 0 bridgehead atoms. The van der Waals surface area contributed by atoms with Gasteiger partial charge in [-0.15, -0.1) is 0 Å². The average molecular weight is 494 g/mol. The molecular weight excluding hydrogens is 453 g/mol. The normalized spacial score (nSPS) is 17.2. The summed E-state index contributed by atoms with van der Waals surface area (Å²) in [4.78, 5) is 15.9. The molecule has 1 aliphatic heterocycles. The summed E-state index contributed by atoms with van der Waals surface area (Å²) in [5.74, 6) is 0.561. The molecule has 0 aromatic heterocycles. The van der Waals surface area contributed by atoms with Gasteiger partial charge >= 0.3 is 0 Å². The van der Waals surface area contributed by atoms with Gasteiger partial charge in [0, 0.05) is 16.8 Å². The first-order valence-corrected chi connectivity index (χ1v) is 13.2. The fourth-order valence-corrected chi connectivity index (χ4v) is 5.29. The molecule has 194 valence electrons. The van der Waals surface area contributed by atoms with Crippen LogP contribution in [0.5, 0.6) is 11.5 Å². The van der Waals surface area contributed by atoms with Crippen LogP contribution in [0.4, 0.5) is 4.39 Å². The molecule has 0 amide bonds. The lowest BCUT2D eigenvalue weighted by molar-refractivity contribution is 0.0938. The molecule has 2 aromatic carbocycles. The summed E-state index contributed by atoms with van der Waals surface area (Å²) >= 11 is 0. The van der Waals surface area contributed by atoms with Gasteiger partial charge in [0.05, 0.1) is 25.3 Å². The van der Waals surface area contributed by atoms with Crippen LogP contribution in [0.25, 0.3) is 5.70 Å². The molecule has 5 heteroatoms. The summed E-state index contributed by atoms with van der Waals surface area (Å²) in [6, 6.07) is 8.21. The van der Waals surface area contributed by atoms with Crippen molar-refractivity contribution in [3.8, 4) is 11.5 Å². The first-order chi connectivity index (χ1) is 17.0. The Kier molecular flexibility index (Phi) is 6.98. The lowest BCUT2D eigenvalue weighted by atomic mass is 9.83. The molecule has 36 heavy (non-hydrogen) atoms. The van der Waals surface area contributed by atoms with Gasteiger partial charge in [-0.3, -0.25) is 4.79 Å². The summed E-state index contributed by atoms with van der Waals surface area (Å²) < 4.78 is 27.4. The maximum absolute atomic E-state index is 16.0. The first-order valence-electron chi connectivity index (χ1n) is 13.2. The molecule has 0 N–H and O–H groups in total. The van der Waals surface area contributed by atoms with Crippen molar-refractivity contribution < 1.29 is 18.7 Å². The van der Waals surface area contributed by atoms with Gasteiger partial charge < -0.3 is 14.4 Å². The molecule has 1 saturated carbocycles. The second-order valence-corrected chi connectivity index (χ2v) is 11.3. The predicted octanol–water partition coefficient (Wildman–Crippen LogP) is 7.59. The van der Waals surface area contributed by atoms with Crippen LogP contribution in [0.15, 0.2) is 30.3 Å². The molecule has 1 heterocycles. The van der Waals surface area contributed by atoms with E-state index in [1.54, 1.807) is 0 Å². The smallest absolute Gasteiger partial charge is 0.197 e. The van der Waals surface area contributed by atoms with E-state index in [1.807, 2.05) is 45.0 Å². The summed E-state index contributed by atoms with van der Waals surface area (Å²) in [6.07, 6.45) is 3.68. The second kappa shape index (κ2) is 9.57. The molecule has 2 aliphatic rings. The van der Waals surface area contributed by atoms with Crippen LogP contribution in [0.2, 0.25) is 0 Å². The lowest BCUT2D eigenvalue weighted by Crippen LogP contribution is -2.33. The molecule has 1 spiro atoms. The first kappa shape index (κ1) is 26.2. The van der Waals surface area contributed by atoms with Crippen LogP contribution >= 0.6 is 0 Å². The Morgan fingerprint density at radius 3 is 2.31 bits per heavy atom. The minimum atomic E-state index is -0.399. The van der Waals surface area contributed by atoms with Crippen LogP contribution in [0, 0.1) is 5.82 Å². The van der Waals surface area contributed by atoms with E-state index in [2.05, 4.69) is 45.6 Å². The third-order valence-corrected chi connectivity index (χ3v) is 7.45. The maximum Gasteiger partial charge on any atom is 0.197 e. The van der Waals surface area contributed by atoms with Crippen molar-refractivity contribution in [1.29, 1.82) is 0 Å². The van der Waals surface area contributed by atoms with Crippen LogP contribution in [-0.4, -0.2) is 30.4 Å². The molecule has 0 saturated heterocycles. The highest BCUT2D eigenvalue weighted by molar-refractivity contribution is 5.99. The fraction of sp³-hybridized carbons (Fsp3) is 0.516. The van der Waals surface area contributed by atoms with E-state index in [1.165, 1.54) is 0 Å². The molecule has 1 aliphatic carbocycles. The van der Waals surface area contributed by atoms with Gasteiger partial charge in [-0.25, -0.2) is 4.39 Å². The predicted molar refractivity (Wildman–Crippen MR) is 144 cm³/mol. The van der Waals surface area contributed by atoms with Crippen molar-refractivity contribution in [2.24, 2.45) is 0 Å². The largest absolute Gasteiger partial charge is 0.490 e. The molecule has 0 atom stereocenters. The van der Waals surface area contributed by atoms with Crippen molar-refractivity contribution >= 4 is 11.5 Å². The second-order valence-electron chi connectivity index (χ2n) is 11.3. The Labute approximate surface area is 215 Å². The van der Waals surface area contributed by atoms with E-state index in [4.69, 9.17) is 9.47 Å². The van der Waals surface area contributed by atoms with Gasteiger partial charge in [-0.1, -0.05) is 46.8 Å². The maximum atomic E-state index is 16.0. The zero-order valence-corrected chi connectivity index (χ0v) is 23.0. The molecule has 0 unspecified atom stereocenters. The third-order valence-electron chi connectivity index (χ3n) is 7.45. The number of benzene rings is 2. The summed E-state index contributed by atoms with van der Waals surface area (Å²) in [7, 11) is 0. The van der Waals surface area contributed by atoms with Crippen molar-refractivity contribution in [1.82, 2.24) is 4.90 Å². The van der Waals surface area contributed by atoms with Crippen LogP contribution < -0.4 is 9.47 Å². The number of rotatable bonds is 8. The minimum absolute atomic E-state index is 0.0527. The summed E-state index contributed by atoms with van der Waals surface area (Å²) in [5.41, 5.74) is 4.81. The zero-order chi connectivity index (χ0) is 26.4. The number of hydrogen-bond donors (Lipinski definition) is 0. The van der Waals surface area contributed by atoms with E-state index in [9.17, 15) is 4.79 Å². The van der Waals surface area contributed by atoms with Gasteiger partial charge in [0.15, 0.2) is 23.1 Å². The minimum Gasteiger partial charge on any atom is -0.490 e. The number of hydrogen-bond acceptors (Lipinski definition) is 4. The van der Waals surface area contributed by atoms with E-state index < -0.39 is 5.82 Å². The van der Waals surface area contributed by atoms with Crippen molar-refractivity contribution in [3.05, 3.63) is 64.0 Å². The Hall–Kier alpha value is -2.82. The number of fused-ring (bicyclic) bond motifs is 2. The van der Waals surface area contributed by atoms with Gasteiger partial charge in [0.1, 0.15) is 0 Å². The van der Waals surface area contributed by atoms with Gasteiger partial charge in [0.25, 0.3) is 0 Å². The molecule has 2 aromatic rings. The van der Waals surface area contributed by atoms with Crippen molar-refractivity contribution in [2.75, 3.05) is 19.8 Å². The quantitative estimate of drug-likeness (QED) is 0.355. The van der Waals surface area contributed by atoms with Crippen LogP contribution in [0.1, 0.15) is 107 Å². The summed E-state index contributed by atoms with van der Waals surface area (Å²) in [5, 5.41) is 0. The highest BCUT2D eigenvalue weighted by Crippen LogP contribution is 2.62. The van der Waals surface area contributed by atoms with Crippen molar-refractivity contribution in [3.63, 3.8) is 0 Å². The average Bonchev–Trinajstić information content (AvgIpc) is 3.58. The topological polar surface area (TPSA) is 38.8 Å². The lowest BCUT2D eigenvalue weighted by Gasteiger charge is -2.28. The molecule has 0 radical (unpaired) electrons. The van der Waals surface area contributed by atoms with Crippen molar-refractivity contribution in [2.45, 2.75) is 85.1 Å². The molecule has 4 rings (SSSR count). The van der Waals surface area contributed by atoms with Gasteiger partial charge in [0.2, 0.25) is 0 Å². The standard InChI is InChI=1S/C31H40FNO3/c1-9-24-27-23(17-26(35-10-2)29(28(27)32)36-11-3)31(12-13-31)33(24)18-25(34)21-14-20(19(4)5)15-22(16-21)30(6,7)8/h9,14-17,19H,10-13,18H2,1-8H3. The summed E-state index contributed by atoms with van der Waals surface area (Å²) in [6.45, 7) is 17.4. The number of ketones is 1. The van der Waals surface area contributed by atoms with E-state index >= 15 is 4.39 Å². The van der Waals surface area contributed by atoms with Gasteiger partial charge in [-0.05, 0) is 79.8 Å². The highest BCUT2D eigenvalue weighted by atomic mass is 19.1. The van der Waals surface area contributed by atoms with E-state index in [0.29, 0.717) is 30.4 Å². The number of allylic oxidation sites excluding steroid dienone is 1. The fourth-order valence-electron chi connectivity index (χ4n) is 5.29. The molecule has 4 nitrogen and oxygen atoms in total. The highest BCUT2D eigenvalue weighted by Gasteiger charge is 2.57. The number of ether oxygens (including phenoxy) is 2. The van der Waals surface area contributed by atoms with E-state index in [-0.39, 0.29) is 29.0 Å². The molecule has 1 fully saturated rings. The Balaban J connectivity index is 1.76. The Bertz CT molecular complexity index is 1200. The monoisotopic (exact) mass is 493 g/mol. The SMILES string of the molecule is CC=C1c2c(cc(OCC)c(OCC)c2F)C2(CC2)N1CC(=O)c1cc(C(C)C)cc(C(C)(C)C)c1. The Morgan fingerprint density at radius 1 is 1.11 bits per heavy atom. The third kappa shape index (κ3) is 4.42. The number of nitrogens with zero attached hydrogens (tertiary/aromatic N) is 1. The van der Waals surface area contributed by atoms with Crippen LogP contribution in [-0.2, 0) is 11.0 Å². The van der Waals surface area contributed by atoms with Crippen LogP contribution in [0.3, 0.4) is 0 Å². The molecular formula is C31H40FNO3. The number of Topliss-reactive ketones (excluding diaryl/α,β-unsaturated/α-hetero) is 1. The number of halogens is 1. The number of carbonyl (C=O) groups is 1. The van der Waals surface area contributed by atoms with E-state index in [0.717, 1.165) is 40.8 Å².